The maximum absolute atomic E-state index is 14.6. The number of halogens is 1. The highest BCUT2D eigenvalue weighted by molar-refractivity contribution is 6.20. The number of ether oxygens (including phenoxy) is 3. The number of phenols is 1. The standard InChI is InChI=1S/C63H71ClN14O15/c1-35(2)54(74-61(88)91-27-26-77-50(80)19-20-51(77)81)57(84)72-44(10-6-21-67-59(65)86)56(83)70-41-15-11-37(12-16-41)34-92-62(89)75(4)24-25-76(23-7-22-68-60(66)87)63(90)93-48-30-47-53(52-36(3)8-5-9-43(48)52)40(31-64)33-78(47)58(85)45-28-39-29-49(69-32-46(39)71-45)73-55(82)38-13-17-42(79)18-14-38/h5,8-9,11-20,28-30,32,35,40,44,54,71,79H,6-7,10,21-27,31,33-34H2,1-4H3,(H,70,83)(H,72,84)(H,74,88)(H3,65,67,86)(H3,66,68,87)(H,69,73,82)/t40-,44+,54+/m1/s1. The molecule has 2 aliphatic rings. The van der Waals surface area contributed by atoms with Gasteiger partial charge in [0, 0.05) is 98.4 Å². The van der Waals surface area contributed by atoms with E-state index in [1.165, 1.54) is 47.3 Å². The van der Waals surface area contributed by atoms with Gasteiger partial charge < -0.3 is 82.4 Å². The van der Waals surface area contributed by atoms with Gasteiger partial charge >= 0.3 is 30.3 Å². The number of pyridine rings is 1. The number of nitrogens with zero attached hydrogens (tertiary/aromatic N) is 5. The number of benzene rings is 4. The summed E-state index contributed by atoms with van der Waals surface area (Å²) in [6.45, 7) is 4.77. The number of nitrogens with one attached hydrogen (secondary N) is 7. The first-order valence-corrected chi connectivity index (χ1v) is 30.1. The van der Waals surface area contributed by atoms with Crippen LogP contribution in [0.2, 0.25) is 0 Å². The Morgan fingerprint density at radius 1 is 0.817 bits per heavy atom. The maximum Gasteiger partial charge on any atom is 0.415 e. The van der Waals surface area contributed by atoms with Crippen LogP contribution in [0.25, 0.3) is 21.7 Å². The molecule has 6 aromatic rings. The number of aromatic nitrogens is 2. The lowest BCUT2D eigenvalue weighted by atomic mass is 9.92. The van der Waals surface area contributed by atoms with Crippen molar-refractivity contribution >= 4 is 116 Å². The molecule has 0 aliphatic carbocycles. The normalized spacial score (nSPS) is 13.8. The summed E-state index contributed by atoms with van der Waals surface area (Å²) in [6.07, 6.45) is 1.59. The lowest BCUT2D eigenvalue weighted by Gasteiger charge is -2.26. The fourth-order valence-electron chi connectivity index (χ4n) is 10.3. The molecule has 4 heterocycles. The van der Waals surface area contributed by atoms with E-state index in [2.05, 4.69) is 41.9 Å². The highest BCUT2D eigenvalue weighted by Gasteiger charge is 2.37. The number of phenolic OH excluding ortho intramolecular Hbond substituents is 1. The van der Waals surface area contributed by atoms with E-state index in [0.717, 1.165) is 33.6 Å². The van der Waals surface area contributed by atoms with Crippen LogP contribution in [-0.4, -0.2) is 173 Å². The Morgan fingerprint density at radius 3 is 2.19 bits per heavy atom. The predicted octanol–water partition coefficient (Wildman–Crippen LogP) is 5.64. The Kier molecular flexibility index (Phi) is 22.8. The minimum atomic E-state index is -1.19. The van der Waals surface area contributed by atoms with Crippen LogP contribution >= 0.6 is 11.6 Å². The molecule has 0 fully saturated rings. The van der Waals surface area contributed by atoms with Gasteiger partial charge in [0.25, 0.3) is 23.6 Å². The maximum atomic E-state index is 14.6. The molecule has 3 atom stereocenters. The minimum absolute atomic E-state index is 0.00909. The summed E-state index contributed by atoms with van der Waals surface area (Å²) in [5.41, 5.74) is 14.5. The van der Waals surface area contributed by atoms with Gasteiger partial charge in [0.15, 0.2) is 0 Å². The number of rotatable bonds is 27. The molecule has 0 saturated heterocycles. The first kappa shape index (κ1) is 68.0. The number of hydrogen-bond donors (Lipinski definition) is 10. The van der Waals surface area contributed by atoms with E-state index in [4.69, 9.17) is 37.3 Å². The van der Waals surface area contributed by atoms with Gasteiger partial charge in [-0.15, -0.1) is 11.6 Å². The lowest BCUT2D eigenvalue weighted by molar-refractivity contribution is -0.137. The predicted molar refractivity (Wildman–Crippen MR) is 341 cm³/mol. The fourth-order valence-corrected chi connectivity index (χ4v) is 10.6. The van der Waals surface area contributed by atoms with Crippen LogP contribution < -0.4 is 53.0 Å². The molecular weight excluding hydrogens is 1230 g/mol. The molecule has 2 aliphatic heterocycles. The van der Waals surface area contributed by atoms with E-state index in [9.17, 15) is 57.8 Å². The van der Waals surface area contributed by atoms with Crippen LogP contribution in [0, 0.1) is 12.8 Å². The Bertz CT molecular complexity index is 3840. The van der Waals surface area contributed by atoms with Gasteiger partial charge in [-0.3, -0.25) is 33.7 Å². The first-order valence-electron chi connectivity index (χ1n) is 29.6. The summed E-state index contributed by atoms with van der Waals surface area (Å²) in [7, 11) is 1.47. The van der Waals surface area contributed by atoms with Crippen molar-refractivity contribution < 1.29 is 72.1 Å². The summed E-state index contributed by atoms with van der Waals surface area (Å²) in [4.78, 5) is 155. The van der Waals surface area contributed by atoms with E-state index < -0.39 is 83.8 Å². The Balaban J connectivity index is 0.895. The Labute approximate surface area is 537 Å². The number of likely N-dealkylation sites (N-methyl/N-ethyl adjacent to an activating group) is 1. The summed E-state index contributed by atoms with van der Waals surface area (Å²) in [6, 6.07) is 18.5. The highest BCUT2D eigenvalue weighted by atomic mass is 35.5. The van der Waals surface area contributed by atoms with E-state index in [1.54, 1.807) is 67.3 Å². The van der Waals surface area contributed by atoms with E-state index >= 15 is 0 Å². The molecule has 29 nitrogen and oxygen atoms in total. The molecule has 8 rings (SSSR count). The number of primary amides is 2. The van der Waals surface area contributed by atoms with Gasteiger partial charge in [0.05, 0.1) is 23.9 Å². The van der Waals surface area contributed by atoms with Crippen molar-refractivity contribution in [1.29, 1.82) is 0 Å². The molecule has 0 unspecified atom stereocenters. The van der Waals surface area contributed by atoms with E-state index in [0.29, 0.717) is 38.8 Å². The SMILES string of the molecule is Cc1cccc2c(OC(=O)N(CCCNC(N)=O)CCN(C)C(=O)OCc3ccc(NC(=O)[C@H](CCCNC(N)=O)NC(=O)[C@@H](NC(=O)OCCN4C(=O)C=CC4=O)C(C)C)cc3)cc3c(c12)[C@H](CCl)CN3C(=O)c1cc2cc(NC(=O)c3ccc(O)cc3)ncc2[nH]1. The molecule has 93 heavy (non-hydrogen) atoms. The minimum Gasteiger partial charge on any atom is -0.508 e. The second-order valence-corrected chi connectivity index (χ2v) is 22.5. The summed E-state index contributed by atoms with van der Waals surface area (Å²) >= 11 is 6.65. The van der Waals surface area contributed by atoms with Crippen molar-refractivity contribution in [2.45, 2.75) is 64.6 Å². The summed E-state index contributed by atoms with van der Waals surface area (Å²) in [5, 5.41) is 27.1. The fraction of sp³-hybridized carbons (Fsp3) is 0.333. The molecular formula is C63H71ClN14O15. The summed E-state index contributed by atoms with van der Waals surface area (Å²) < 4.78 is 17.0. The Hall–Kier alpha value is -11.0. The molecule has 4 aromatic carbocycles. The highest BCUT2D eigenvalue weighted by Crippen LogP contribution is 2.47. The second kappa shape index (κ2) is 31.2. The number of urea groups is 2. The third-order valence-corrected chi connectivity index (χ3v) is 15.6. The smallest absolute Gasteiger partial charge is 0.415 e. The van der Waals surface area contributed by atoms with E-state index in [-0.39, 0.29) is 113 Å². The molecule has 13 amide bonds. The van der Waals surface area contributed by atoms with Crippen LogP contribution in [0.5, 0.6) is 11.5 Å². The van der Waals surface area contributed by atoms with Crippen LogP contribution in [0.3, 0.4) is 0 Å². The van der Waals surface area contributed by atoms with Crippen molar-refractivity contribution in [1.82, 2.24) is 45.9 Å². The van der Waals surface area contributed by atoms with Gasteiger partial charge in [-0.05, 0) is 103 Å². The zero-order valence-corrected chi connectivity index (χ0v) is 52.0. The molecule has 0 saturated carbocycles. The quantitative estimate of drug-likeness (QED) is 0.0169. The van der Waals surface area contributed by atoms with Crippen molar-refractivity contribution in [2.24, 2.45) is 17.4 Å². The number of alkyl halides is 1. The van der Waals surface area contributed by atoms with Crippen LogP contribution in [0.15, 0.2) is 103 Å². The number of aromatic amines is 1. The number of H-pyrrole nitrogens is 1. The summed E-state index contributed by atoms with van der Waals surface area (Å²) in [5.74, 6) is -3.65. The van der Waals surface area contributed by atoms with Crippen molar-refractivity contribution in [2.75, 3.05) is 80.9 Å². The zero-order valence-electron chi connectivity index (χ0n) is 51.2. The largest absolute Gasteiger partial charge is 0.508 e. The van der Waals surface area contributed by atoms with Crippen molar-refractivity contribution in [3.05, 3.63) is 131 Å². The number of aromatic hydroxyl groups is 1. The van der Waals surface area contributed by atoms with Crippen LogP contribution in [0.4, 0.5) is 41.2 Å². The number of carbonyl (C=O) groups excluding carboxylic acids is 11. The molecule has 12 N–H and O–H groups in total. The molecule has 0 bridgehead atoms. The average Bonchev–Trinajstić information content (AvgIpc) is 1.63. The van der Waals surface area contributed by atoms with Gasteiger partial charge in [-0.25, -0.2) is 29.0 Å². The van der Waals surface area contributed by atoms with Gasteiger partial charge in [-0.2, -0.15) is 0 Å². The monoisotopic (exact) mass is 1300 g/mol. The van der Waals surface area contributed by atoms with Gasteiger partial charge in [0.2, 0.25) is 11.8 Å². The second-order valence-electron chi connectivity index (χ2n) is 22.2. The number of carbonyl (C=O) groups is 11. The van der Waals surface area contributed by atoms with Crippen LogP contribution in [-0.2, 0) is 35.3 Å². The van der Waals surface area contributed by atoms with Gasteiger partial charge in [-0.1, -0.05) is 44.2 Å². The van der Waals surface area contributed by atoms with Crippen molar-refractivity contribution in [3.63, 3.8) is 0 Å². The topological polar surface area (TPSA) is 402 Å². The number of hydrogen-bond acceptors (Lipinski definition) is 16. The average molecular weight is 1300 g/mol. The molecule has 490 valence electrons. The number of aryl methyl sites for hydroxylation is 1. The number of amides is 13. The number of fused-ring (bicyclic) bond motifs is 4. The lowest BCUT2D eigenvalue weighted by Crippen LogP contribution is -2.54. The number of alkyl carbamates (subject to hydrolysis) is 1. The Morgan fingerprint density at radius 2 is 1.52 bits per heavy atom. The van der Waals surface area contributed by atoms with Gasteiger partial charge in [0.1, 0.15) is 48.3 Å². The number of anilines is 3. The number of imide groups is 1. The van der Waals surface area contributed by atoms with Crippen molar-refractivity contribution in [3.8, 4) is 11.5 Å². The molecule has 30 heteroatoms. The first-order chi connectivity index (χ1) is 44.5. The molecule has 0 radical (unpaired) electrons. The molecule has 2 aromatic heterocycles. The third-order valence-electron chi connectivity index (χ3n) is 15.2. The van der Waals surface area contributed by atoms with Crippen LogP contribution in [0.1, 0.15) is 76.6 Å². The number of nitrogens with two attached hydrogens (primary N) is 2. The third kappa shape index (κ3) is 17.7. The van der Waals surface area contributed by atoms with E-state index in [1.807, 2.05) is 19.1 Å². The molecule has 0 spiro atoms. The zero-order chi connectivity index (χ0) is 67.0.